The van der Waals surface area contributed by atoms with Crippen molar-refractivity contribution in [2.24, 2.45) is 0 Å². The number of aryl methyl sites for hydroxylation is 1. The summed E-state index contributed by atoms with van der Waals surface area (Å²) in [5, 5.41) is 9.67. The number of benzene rings is 2. The second-order valence-corrected chi connectivity index (χ2v) is 7.58. The zero-order valence-electron chi connectivity index (χ0n) is 16.5. The summed E-state index contributed by atoms with van der Waals surface area (Å²) < 4.78 is 68.5. The molecule has 0 saturated carbocycles. The second-order valence-electron chi connectivity index (χ2n) is 7.58. The molecule has 2 aromatic heterocycles. The second kappa shape index (κ2) is 7.54. The highest BCUT2D eigenvalue weighted by Gasteiger charge is 2.34. The lowest BCUT2D eigenvalue weighted by molar-refractivity contribution is -0.137. The topological polar surface area (TPSA) is 66.5 Å². The largest absolute Gasteiger partial charge is 0.417 e. The Morgan fingerprint density at radius 2 is 1.72 bits per heavy atom. The van der Waals surface area contributed by atoms with Gasteiger partial charge in [0, 0.05) is 22.9 Å². The number of hydrogen-bond acceptors (Lipinski definition) is 4. The minimum absolute atomic E-state index is 0.0134. The van der Waals surface area contributed by atoms with Crippen LogP contribution in [0.4, 0.5) is 33.6 Å². The van der Waals surface area contributed by atoms with Gasteiger partial charge in [0.15, 0.2) is 17.5 Å². The number of anilines is 2. The van der Waals surface area contributed by atoms with Gasteiger partial charge < -0.3 is 5.32 Å². The van der Waals surface area contributed by atoms with Crippen molar-refractivity contribution in [2.45, 2.75) is 31.9 Å². The molecule has 2 heterocycles. The van der Waals surface area contributed by atoms with Crippen molar-refractivity contribution in [3.63, 3.8) is 0 Å². The molecule has 0 spiro atoms. The fourth-order valence-electron chi connectivity index (χ4n) is 4.00. The van der Waals surface area contributed by atoms with Crippen LogP contribution in [0.25, 0.3) is 22.3 Å². The first-order chi connectivity index (χ1) is 15.3. The van der Waals surface area contributed by atoms with Gasteiger partial charge in [-0.2, -0.15) is 18.3 Å². The molecule has 0 aliphatic heterocycles. The van der Waals surface area contributed by atoms with Gasteiger partial charge in [-0.25, -0.2) is 18.7 Å². The van der Waals surface area contributed by atoms with Crippen LogP contribution in [0, 0.1) is 11.6 Å². The summed E-state index contributed by atoms with van der Waals surface area (Å²) in [5.41, 5.74) is 0.450. The lowest BCUT2D eigenvalue weighted by atomic mass is 9.95. The van der Waals surface area contributed by atoms with E-state index in [-0.39, 0.29) is 33.9 Å². The van der Waals surface area contributed by atoms with E-state index in [4.69, 9.17) is 0 Å². The Morgan fingerprint density at radius 3 is 2.53 bits per heavy atom. The molecule has 0 saturated heterocycles. The molecule has 0 unspecified atom stereocenters. The molecular formula is C22H16F5N5. The van der Waals surface area contributed by atoms with Crippen LogP contribution in [0.2, 0.25) is 0 Å². The number of H-pyrrole nitrogens is 1. The summed E-state index contributed by atoms with van der Waals surface area (Å²) in [6.07, 6.45) is -1.63. The number of fused-ring (bicyclic) bond motifs is 2. The Kier molecular flexibility index (Phi) is 4.79. The van der Waals surface area contributed by atoms with Crippen molar-refractivity contribution in [1.29, 1.82) is 0 Å². The predicted molar refractivity (Wildman–Crippen MR) is 108 cm³/mol. The fourth-order valence-corrected chi connectivity index (χ4v) is 4.00. The van der Waals surface area contributed by atoms with Gasteiger partial charge in [-0.3, -0.25) is 5.10 Å². The lowest BCUT2D eigenvalue weighted by Gasteiger charge is -2.20. The summed E-state index contributed by atoms with van der Waals surface area (Å²) >= 11 is 0. The third-order valence-corrected chi connectivity index (χ3v) is 5.48. The Bertz CT molecular complexity index is 1330. The molecular weight excluding hydrogens is 429 g/mol. The molecule has 0 atom stereocenters. The van der Waals surface area contributed by atoms with E-state index >= 15 is 0 Å². The molecule has 0 bridgehead atoms. The van der Waals surface area contributed by atoms with Crippen LogP contribution >= 0.6 is 0 Å². The third kappa shape index (κ3) is 3.55. The minimum Gasteiger partial charge on any atom is -0.323 e. The number of rotatable bonds is 3. The van der Waals surface area contributed by atoms with Gasteiger partial charge in [0.25, 0.3) is 0 Å². The normalized spacial score (nSPS) is 13.9. The molecule has 4 aromatic rings. The number of aromatic nitrogens is 4. The molecule has 32 heavy (non-hydrogen) atoms. The van der Waals surface area contributed by atoms with Gasteiger partial charge in [-0.05, 0) is 37.8 Å². The van der Waals surface area contributed by atoms with E-state index in [2.05, 4.69) is 25.5 Å². The van der Waals surface area contributed by atoms with E-state index in [1.807, 2.05) is 0 Å². The van der Waals surface area contributed by atoms with Crippen molar-refractivity contribution in [3.8, 4) is 11.4 Å². The highest BCUT2D eigenvalue weighted by molar-refractivity contribution is 5.91. The Hall–Kier alpha value is -3.56. The molecule has 1 aliphatic rings. The van der Waals surface area contributed by atoms with Crippen molar-refractivity contribution >= 4 is 22.5 Å². The molecule has 0 fully saturated rings. The van der Waals surface area contributed by atoms with E-state index in [9.17, 15) is 22.0 Å². The average molecular weight is 445 g/mol. The van der Waals surface area contributed by atoms with Crippen molar-refractivity contribution in [1.82, 2.24) is 20.2 Å². The SMILES string of the molecule is Fc1cc(F)c2[nH]nc(Nc3nc(-c4ccccc4C(F)(F)F)nc4c3CCCC4)c2c1. The standard InChI is InChI=1S/C22H16F5N5/c23-11-9-14-18(16(24)10-11)31-32-21(14)30-20-13-6-2-4-8-17(13)28-19(29-20)12-5-1-3-7-15(12)22(25,26)27/h1,3,5,7,9-10H,2,4,6,8H2,(H2,28,29,30,31,32). The smallest absolute Gasteiger partial charge is 0.323 e. The van der Waals surface area contributed by atoms with Crippen LogP contribution < -0.4 is 5.32 Å². The molecule has 0 radical (unpaired) electrons. The highest BCUT2D eigenvalue weighted by Crippen LogP contribution is 2.38. The van der Waals surface area contributed by atoms with E-state index in [1.54, 1.807) is 0 Å². The van der Waals surface area contributed by atoms with E-state index in [0.29, 0.717) is 18.5 Å². The van der Waals surface area contributed by atoms with Gasteiger partial charge in [0.2, 0.25) is 0 Å². The molecule has 2 aromatic carbocycles. The first-order valence-corrected chi connectivity index (χ1v) is 9.98. The van der Waals surface area contributed by atoms with Crippen LogP contribution in [-0.4, -0.2) is 20.2 Å². The first-order valence-electron chi connectivity index (χ1n) is 9.98. The number of alkyl halides is 3. The Balaban J connectivity index is 1.66. The molecule has 10 heteroatoms. The number of nitrogens with zero attached hydrogens (tertiary/aromatic N) is 3. The summed E-state index contributed by atoms with van der Waals surface area (Å²) in [4.78, 5) is 8.83. The molecule has 0 amide bonds. The van der Waals surface area contributed by atoms with Crippen LogP contribution in [0.1, 0.15) is 29.7 Å². The van der Waals surface area contributed by atoms with Gasteiger partial charge in [-0.15, -0.1) is 0 Å². The van der Waals surface area contributed by atoms with Crippen molar-refractivity contribution in [3.05, 3.63) is 64.9 Å². The predicted octanol–water partition coefficient (Wildman–Crippen LogP) is 5.94. The van der Waals surface area contributed by atoms with Crippen LogP contribution in [-0.2, 0) is 19.0 Å². The summed E-state index contributed by atoms with van der Waals surface area (Å²) in [7, 11) is 0. The molecule has 5 rings (SSSR count). The van der Waals surface area contributed by atoms with Crippen LogP contribution in [0.3, 0.4) is 0 Å². The number of halogens is 5. The van der Waals surface area contributed by atoms with Gasteiger partial charge in [0.1, 0.15) is 17.2 Å². The number of nitrogens with one attached hydrogen (secondary N) is 2. The molecule has 164 valence electrons. The quantitative estimate of drug-likeness (QED) is 0.383. The zero-order chi connectivity index (χ0) is 22.5. The molecule has 5 nitrogen and oxygen atoms in total. The summed E-state index contributed by atoms with van der Waals surface area (Å²) in [5.74, 6) is -1.24. The minimum atomic E-state index is -4.57. The van der Waals surface area contributed by atoms with Crippen molar-refractivity contribution in [2.75, 3.05) is 5.32 Å². The van der Waals surface area contributed by atoms with Crippen LogP contribution in [0.15, 0.2) is 36.4 Å². The van der Waals surface area contributed by atoms with Gasteiger partial charge in [0.05, 0.1) is 10.9 Å². The van der Waals surface area contributed by atoms with Crippen molar-refractivity contribution < 1.29 is 22.0 Å². The van der Waals surface area contributed by atoms with E-state index in [1.165, 1.54) is 18.2 Å². The molecule has 2 N–H and O–H groups in total. The fraction of sp³-hybridized carbons (Fsp3) is 0.227. The first kappa shape index (κ1) is 20.3. The van der Waals surface area contributed by atoms with Gasteiger partial charge >= 0.3 is 6.18 Å². The number of hydrogen-bond donors (Lipinski definition) is 2. The highest BCUT2D eigenvalue weighted by atomic mass is 19.4. The van der Waals surface area contributed by atoms with Gasteiger partial charge in [-0.1, -0.05) is 18.2 Å². The zero-order valence-corrected chi connectivity index (χ0v) is 16.5. The summed E-state index contributed by atoms with van der Waals surface area (Å²) in [6.45, 7) is 0. The Labute approximate surface area is 178 Å². The molecule has 1 aliphatic carbocycles. The summed E-state index contributed by atoms with van der Waals surface area (Å²) in [6, 6.07) is 6.97. The maximum absolute atomic E-state index is 14.0. The average Bonchev–Trinajstić information content (AvgIpc) is 3.16. The third-order valence-electron chi connectivity index (χ3n) is 5.48. The lowest BCUT2D eigenvalue weighted by Crippen LogP contribution is -2.14. The maximum atomic E-state index is 14.0. The Morgan fingerprint density at radius 1 is 0.938 bits per heavy atom. The van der Waals surface area contributed by atoms with Crippen LogP contribution in [0.5, 0.6) is 0 Å². The monoisotopic (exact) mass is 445 g/mol. The van der Waals surface area contributed by atoms with E-state index < -0.39 is 23.4 Å². The van der Waals surface area contributed by atoms with E-state index in [0.717, 1.165) is 36.6 Å². The maximum Gasteiger partial charge on any atom is 0.417 e. The number of aromatic amines is 1.